The van der Waals surface area contributed by atoms with E-state index in [1.807, 2.05) is 31.2 Å². The monoisotopic (exact) mass is 366 g/mol. The first-order chi connectivity index (χ1) is 13.0. The van der Waals surface area contributed by atoms with E-state index in [9.17, 15) is 14.0 Å². The molecule has 4 N–H and O–H groups in total. The Morgan fingerprint density at radius 2 is 1.89 bits per heavy atom. The number of halogens is 1. The van der Waals surface area contributed by atoms with E-state index in [1.165, 1.54) is 12.3 Å². The van der Waals surface area contributed by atoms with Crippen LogP contribution < -0.4 is 11.1 Å². The number of nitrogens with two attached hydrogens (primary N) is 1. The molecular formula is C20H19FN4O2. The number of carbonyl (C=O) groups excluding carboxylic acids is 2. The highest BCUT2D eigenvalue weighted by Crippen LogP contribution is 2.26. The average molecular weight is 366 g/mol. The van der Waals surface area contributed by atoms with Gasteiger partial charge in [-0.05, 0) is 30.2 Å². The van der Waals surface area contributed by atoms with Crippen molar-refractivity contribution in [2.24, 2.45) is 5.73 Å². The average Bonchev–Trinajstić information content (AvgIpc) is 3.11. The Hall–Kier alpha value is -3.48. The topological polar surface area (TPSA) is 101 Å². The number of H-pyrrole nitrogens is 1. The number of nitrogens with one attached hydrogen (secondary N) is 2. The molecule has 1 atom stereocenters. The minimum atomic E-state index is -0.598. The smallest absolute Gasteiger partial charge is 0.255 e. The van der Waals surface area contributed by atoms with Crippen LogP contribution >= 0.6 is 0 Å². The number of benzene rings is 2. The van der Waals surface area contributed by atoms with Crippen molar-refractivity contribution in [2.45, 2.75) is 19.4 Å². The second kappa shape index (κ2) is 7.82. The van der Waals surface area contributed by atoms with E-state index >= 15 is 0 Å². The molecule has 0 aliphatic carbocycles. The van der Waals surface area contributed by atoms with Crippen molar-refractivity contribution in [3.8, 4) is 11.3 Å². The number of aromatic amines is 1. The van der Waals surface area contributed by atoms with Crippen LogP contribution in [0.3, 0.4) is 0 Å². The van der Waals surface area contributed by atoms with Gasteiger partial charge in [0.1, 0.15) is 5.82 Å². The Balaban J connectivity index is 1.92. The Morgan fingerprint density at radius 1 is 1.19 bits per heavy atom. The van der Waals surface area contributed by atoms with Crippen molar-refractivity contribution in [2.75, 3.05) is 0 Å². The lowest BCUT2D eigenvalue weighted by atomic mass is 9.98. The quantitative estimate of drug-likeness (QED) is 0.625. The molecule has 0 saturated heterocycles. The van der Waals surface area contributed by atoms with E-state index in [4.69, 9.17) is 5.73 Å². The molecule has 0 fully saturated rings. The summed E-state index contributed by atoms with van der Waals surface area (Å²) in [4.78, 5) is 24.3. The van der Waals surface area contributed by atoms with E-state index in [2.05, 4.69) is 15.5 Å². The van der Waals surface area contributed by atoms with Gasteiger partial charge in [0.2, 0.25) is 5.91 Å². The highest BCUT2D eigenvalue weighted by molar-refractivity contribution is 6.00. The number of primary amides is 1. The van der Waals surface area contributed by atoms with Gasteiger partial charge in [-0.15, -0.1) is 0 Å². The zero-order valence-electron chi connectivity index (χ0n) is 14.7. The number of amides is 2. The highest BCUT2D eigenvalue weighted by atomic mass is 19.1. The van der Waals surface area contributed by atoms with E-state index in [1.54, 1.807) is 18.2 Å². The standard InChI is InChI=1S/C20H19FN4O2/c1-12-6-2-3-7-13(12)17(10-18(22)26)24-20(27)15-11-23-25-19(15)14-8-4-5-9-16(14)21/h2-9,11,17H,10H2,1H3,(H2,22,26)(H,23,25)(H,24,27)/t17-/m0/s1. The van der Waals surface area contributed by atoms with Gasteiger partial charge in [0.15, 0.2) is 0 Å². The maximum atomic E-state index is 14.1. The van der Waals surface area contributed by atoms with Crippen LogP contribution in [0.15, 0.2) is 54.7 Å². The molecule has 2 amide bonds. The molecule has 2 aromatic carbocycles. The molecule has 0 radical (unpaired) electrons. The van der Waals surface area contributed by atoms with Crippen LogP contribution in [-0.4, -0.2) is 22.0 Å². The summed E-state index contributed by atoms with van der Waals surface area (Å²) in [6, 6.07) is 12.9. The maximum Gasteiger partial charge on any atom is 0.255 e. The molecule has 0 bridgehead atoms. The maximum absolute atomic E-state index is 14.1. The van der Waals surface area contributed by atoms with Crippen LogP contribution in [0.2, 0.25) is 0 Å². The van der Waals surface area contributed by atoms with E-state index in [0.29, 0.717) is 0 Å². The molecule has 0 saturated carbocycles. The van der Waals surface area contributed by atoms with Gasteiger partial charge in [0, 0.05) is 5.56 Å². The van der Waals surface area contributed by atoms with Crippen molar-refractivity contribution in [3.63, 3.8) is 0 Å². The molecule has 0 aliphatic rings. The zero-order chi connectivity index (χ0) is 19.4. The molecule has 3 rings (SSSR count). The second-order valence-corrected chi connectivity index (χ2v) is 6.19. The molecule has 1 aromatic heterocycles. The van der Waals surface area contributed by atoms with E-state index in [0.717, 1.165) is 11.1 Å². The van der Waals surface area contributed by atoms with E-state index < -0.39 is 23.7 Å². The largest absolute Gasteiger partial charge is 0.370 e. The van der Waals surface area contributed by atoms with Crippen molar-refractivity contribution in [1.29, 1.82) is 0 Å². The SMILES string of the molecule is Cc1ccccc1[C@H](CC(N)=O)NC(=O)c1cn[nH]c1-c1ccccc1F. The Labute approximate surface area is 155 Å². The summed E-state index contributed by atoms with van der Waals surface area (Å²) in [7, 11) is 0. The minimum Gasteiger partial charge on any atom is -0.370 e. The first kappa shape index (κ1) is 18.3. The fourth-order valence-electron chi connectivity index (χ4n) is 2.98. The Morgan fingerprint density at radius 3 is 2.59 bits per heavy atom. The second-order valence-electron chi connectivity index (χ2n) is 6.19. The molecule has 6 nitrogen and oxygen atoms in total. The molecule has 0 aliphatic heterocycles. The third-order valence-electron chi connectivity index (χ3n) is 4.30. The lowest BCUT2D eigenvalue weighted by Crippen LogP contribution is -2.32. The first-order valence-electron chi connectivity index (χ1n) is 8.40. The first-order valence-corrected chi connectivity index (χ1v) is 8.40. The number of nitrogens with zero attached hydrogens (tertiary/aromatic N) is 1. The summed E-state index contributed by atoms with van der Waals surface area (Å²) < 4.78 is 14.1. The zero-order valence-corrected chi connectivity index (χ0v) is 14.7. The molecule has 1 heterocycles. The van der Waals surface area contributed by atoms with Crippen LogP contribution in [-0.2, 0) is 4.79 Å². The van der Waals surface area contributed by atoms with Crippen LogP contribution in [0.4, 0.5) is 4.39 Å². The van der Waals surface area contributed by atoms with Crippen molar-refractivity contribution >= 4 is 11.8 Å². The van der Waals surface area contributed by atoms with Gasteiger partial charge in [0.05, 0.1) is 29.9 Å². The van der Waals surface area contributed by atoms with Crippen LogP contribution in [0.5, 0.6) is 0 Å². The predicted molar refractivity (Wildman–Crippen MR) is 99.2 cm³/mol. The van der Waals surface area contributed by atoms with Crippen molar-refractivity contribution < 1.29 is 14.0 Å². The highest BCUT2D eigenvalue weighted by Gasteiger charge is 2.23. The van der Waals surface area contributed by atoms with Crippen molar-refractivity contribution in [3.05, 3.63) is 77.2 Å². The van der Waals surface area contributed by atoms with Gasteiger partial charge in [-0.2, -0.15) is 5.10 Å². The summed E-state index contributed by atoms with van der Waals surface area (Å²) in [6.45, 7) is 1.89. The predicted octanol–water partition coefficient (Wildman–Crippen LogP) is 2.87. The summed E-state index contributed by atoms with van der Waals surface area (Å²) >= 11 is 0. The summed E-state index contributed by atoms with van der Waals surface area (Å²) in [5, 5.41) is 9.36. The number of hydrogen-bond donors (Lipinski definition) is 3. The van der Waals surface area contributed by atoms with Gasteiger partial charge in [-0.3, -0.25) is 14.7 Å². The number of carbonyl (C=O) groups is 2. The van der Waals surface area contributed by atoms with Gasteiger partial charge in [-0.25, -0.2) is 4.39 Å². The van der Waals surface area contributed by atoms with Gasteiger partial charge in [-0.1, -0.05) is 36.4 Å². The van der Waals surface area contributed by atoms with Gasteiger partial charge < -0.3 is 11.1 Å². The Kier molecular flexibility index (Phi) is 5.30. The molecule has 7 heteroatoms. The number of hydrogen-bond acceptors (Lipinski definition) is 3. The molecule has 27 heavy (non-hydrogen) atoms. The minimum absolute atomic E-state index is 0.0521. The normalized spacial score (nSPS) is 11.8. The number of aryl methyl sites for hydroxylation is 1. The van der Waals surface area contributed by atoms with Crippen LogP contribution in [0.25, 0.3) is 11.3 Å². The summed E-state index contributed by atoms with van der Waals surface area (Å²) in [5.74, 6) is -1.48. The van der Waals surface area contributed by atoms with E-state index in [-0.39, 0.29) is 23.2 Å². The summed E-state index contributed by atoms with van der Waals surface area (Å²) in [5.41, 5.74) is 7.77. The number of aromatic nitrogens is 2. The molecule has 3 aromatic rings. The molecule has 0 unspecified atom stereocenters. The van der Waals surface area contributed by atoms with Crippen LogP contribution in [0, 0.1) is 12.7 Å². The lowest BCUT2D eigenvalue weighted by molar-refractivity contribution is -0.118. The fraction of sp³-hybridized carbons (Fsp3) is 0.150. The van der Waals surface area contributed by atoms with Crippen molar-refractivity contribution in [1.82, 2.24) is 15.5 Å². The summed E-state index contributed by atoms with van der Waals surface area (Å²) in [6.07, 6.45) is 1.28. The molecule has 138 valence electrons. The molecule has 0 spiro atoms. The number of rotatable bonds is 6. The van der Waals surface area contributed by atoms with Gasteiger partial charge in [0.25, 0.3) is 5.91 Å². The van der Waals surface area contributed by atoms with Gasteiger partial charge >= 0.3 is 0 Å². The third-order valence-corrected chi connectivity index (χ3v) is 4.30. The fourth-order valence-corrected chi connectivity index (χ4v) is 2.98. The third kappa shape index (κ3) is 4.03. The lowest BCUT2D eigenvalue weighted by Gasteiger charge is -2.20. The Bertz CT molecular complexity index is 983. The molecular weight excluding hydrogens is 347 g/mol. The van der Waals surface area contributed by atoms with Crippen LogP contribution in [0.1, 0.15) is 33.9 Å².